The fourth-order valence-electron chi connectivity index (χ4n) is 2.23. The molecule has 3 unspecified atom stereocenters. The van der Waals surface area contributed by atoms with Gasteiger partial charge in [0.15, 0.2) is 0 Å². The number of hydrogen-bond donors (Lipinski definition) is 2. The largest absolute Gasteiger partial charge is 0.481 e. The Kier molecular flexibility index (Phi) is 5.55. The van der Waals surface area contributed by atoms with Crippen LogP contribution < -0.4 is 5.32 Å². The van der Waals surface area contributed by atoms with E-state index in [9.17, 15) is 14.7 Å². The lowest BCUT2D eigenvalue weighted by Gasteiger charge is -2.22. The van der Waals surface area contributed by atoms with Crippen molar-refractivity contribution in [3.8, 4) is 0 Å². The van der Waals surface area contributed by atoms with Gasteiger partial charge in [-0.3, -0.25) is 9.59 Å². The third-order valence-electron chi connectivity index (χ3n) is 3.56. The average Bonchev–Trinajstić information content (AvgIpc) is 2.43. The molecule has 0 saturated carbocycles. The van der Waals surface area contributed by atoms with E-state index in [1.54, 1.807) is 6.92 Å². The Morgan fingerprint density at radius 1 is 1.21 bits per heavy atom. The van der Waals surface area contributed by atoms with Gasteiger partial charge in [0.1, 0.15) is 0 Å². The Bertz CT molecular complexity index is 430. The van der Waals surface area contributed by atoms with Crippen molar-refractivity contribution in [3.63, 3.8) is 0 Å². The van der Waals surface area contributed by atoms with E-state index in [4.69, 9.17) is 0 Å². The molecule has 3 atom stereocenters. The summed E-state index contributed by atoms with van der Waals surface area (Å²) in [5, 5.41) is 11.8. The summed E-state index contributed by atoms with van der Waals surface area (Å²) in [6.45, 7) is 3.65. The van der Waals surface area contributed by atoms with Crippen molar-refractivity contribution in [3.05, 3.63) is 35.9 Å². The Morgan fingerprint density at radius 2 is 1.79 bits per heavy atom. The maximum atomic E-state index is 11.6. The number of amides is 1. The lowest BCUT2D eigenvalue weighted by Crippen LogP contribution is -2.35. The molecule has 0 bridgehead atoms. The first-order valence-electron chi connectivity index (χ1n) is 6.46. The van der Waals surface area contributed by atoms with Crippen LogP contribution in [0.4, 0.5) is 0 Å². The van der Waals surface area contributed by atoms with Crippen LogP contribution in [-0.4, -0.2) is 24.0 Å². The van der Waals surface area contributed by atoms with E-state index in [1.165, 1.54) is 7.05 Å². The smallest absolute Gasteiger partial charge is 0.307 e. The standard InChI is InChI=1S/C15H21NO3/c1-10(12-7-5-4-6-8-12)9-13(15(18)19)11(2)14(17)16-3/h4-8,10-11,13H,9H2,1-3H3,(H,16,17)(H,18,19). The molecule has 0 aromatic heterocycles. The topological polar surface area (TPSA) is 66.4 Å². The highest BCUT2D eigenvalue weighted by Gasteiger charge is 2.31. The molecule has 19 heavy (non-hydrogen) atoms. The van der Waals surface area contributed by atoms with Gasteiger partial charge in [0.05, 0.1) is 5.92 Å². The van der Waals surface area contributed by atoms with E-state index < -0.39 is 17.8 Å². The van der Waals surface area contributed by atoms with Gasteiger partial charge < -0.3 is 10.4 Å². The molecule has 2 N–H and O–H groups in total. The predicted molar refractivity (Wildman–Crippen MR) is 73.8 cm³/mol. The minimum absolute atomic E-state index is 0.106. The molecular formula is C15H21NO3. The van der Waals surface area contributed by atoms with Crippen LogP contribution in [0.2, 0.25) is 0 Å². The summed E-state index contributed by atoms with van der Waals surface area (Å²) in [6.07, 6.45) is 0.452. The number of nitrogens with one attached hydrogen (secondary N) is 1. The van der Waals surface area contributed by atoms with Crippen LogP contribution in [-0.2, 0) is 9.59 Å². The van der Waals surface area contributed by atoms with E-state index in [2.05, 4.69) is 5.32 Å². The number of carbonyl (C=O) groups excluding carboxylic acids is 1. The molecule has 4 nitrogen and oxygen atoms in total. The fourth-order valence-corrected chi connectivity index (χ4v) is 2.23. The molecule has 0 aliphatic rings. The number of carbonyl (C=O) groups is 2. The number of rotatable bonds is 6. The molecule has 0 fully saturated rings. The van der Waals surface area contributed by atoms with Crippen molar-refractivity contribution < 1.29 is 14.7 Å². The Hall–Kier alpha value is -1.84. The van der Waals surface area contributed by atoms with E-state index in [0.29, 0.717) is 6.42 Å². The molecule has 0 radical (unpaired) electrons. The van der Waals surface area contributed by atoms with Gasteiger partial charge >= 0.3 is 5.97 Å². The van der Waals surface area contributed by atoms with Gasteiger partial charge in [-0.1, -0.05) is 44.2 Å². The highest BCUT2D eigenvalue weighted by molar-refractivity contribution is 5.84. The number of benzene rings is 1. The molecule has 0 saturated heterocycles. The van der Waals surface area contributed by atoms with Crippen molar-refractivity contribution >= 4 is 11.9 Å². The zero-order chi connectivity index (χ0) is 14.4. The number of carboxylic acid groups (broad SMARTS) is 1. The first-order chi connectivity index (χ1) is 8.97. The van der Waals surface area contributed by atoms with E-state index in [0.717, 1.165) is 5.56 Å². The van der Waals surface area contributed by atoms with Crippen LogP contribution in [0.3, 0.4) is 0 Å². The van der Waals surface area contributed by atoms with Gasteiger partial charge in [0.2, 0.25) is 5.91 Å². The van der Waals surface area contributed by atoms with Gasteiger partial charge in [0, 0.05) is 13.0 Å². The van der Waals surface area contributed by atoms with Gasteiger partial charge in [0.25, 0.3) is 0 Å². The van der Waals surface area contributed by atoms with Crippen molar-refractivity contribution in [2.24, 2.45) is 11.8 Å². The van der Waals surface area contributed by atoms with Crippen LogP contribution in [0.5, 0.6) is 0 Å². The monoisotopic (exact) mass is 263 g/mol. The highest BCUT2D eigenvalue weighted by atomic mass is 16.4. The Balaban J connectivity index is 2.79. The van der Waals surface area contributed by atoms with Crippen LogP contribution in [0.15, 0.2) is 30.3 Å². The van der Waals surface area contributed by atoms with Gasteiger partial charge in [-0.25, -0.2) is 0 Å². The quantitative estimate of drug-likeness (QED) is 0.827. The molecule has 1 aromatic carbocycles. The summed E-state index contributed by atoms with van der Waals surface area (Å²) in [6, 6.07) is 9.76. The van der Waals surface area contributed by atoms with Crippen molar-refractivity contribution in [1.29, 1.82) is 0 Å². The lowest BCUT2D eigenvalue weighted by molar-refractivity contribution is -0.147. The third kappa shape index (κ3) is 4.09. The molecule has 1 aromatic rings. The summed E-state index contributed by atoms with van der Waals surface area (Å²) in [5.41, 5.74) is 1.10. The molecule has 0 aliphatic carbocycles. The molecule has 104 valence electrons. The third-order valence-corrected chi connectivity index (χ3v) is 3.56. The Morgan fingerprint density at radius 3 is 2.26 bits per heavy atom. The summed E-state index contributed by atoms with van der Waals surface area (Å²) in [5.74, 6) is -2.25. The minimum Gasteiger partial charge on any atom is -0.481 e. The number of hydrogen-bond acceptors (Lipinski definition) is 2. The zero-order valence-corrected chi connectivity index (χ0v) is 11.6. The summed E-state index contributed by atoms with van der Waals surface area (Å²) in [4.78, 5) is 22.9. The SMILES string of the molecule is CNC(=O)C(C)C(CC(C)c1ccccc1)C(=O)O. The molecule has 0 aliphatic heterocycles. The van der Waals surface area contributed by atoms with Gasteiger partial charge in [-0.15, -0.1) is 0 Å². The van der Waals surface area contributed by atoms with Crippen molar-refractivity contribution in [1.82, 2.24) is 5.32 Å². The first-order valence-corrected chi connectivity index (χ1v) is 6.46. The van der Waals surface area contributed by atoms with Gasteiger partial charge in [-0.2, -0.15) is 0 Å². The number of aliphatic carboxylic acids is 1. The molecule has 0 heterocycles. The van der Waals surface area contributed by atoms with E-state index in [1.807, 2.05) is 37.3 Å². The molecular weight excluding hydrogens is 242 g/mol. The van der Waals surface area contributed by atoms with Crippen molar-refractivity contribution in [2.75, 3.05) is 7.05 Å². The summed E-state index contributed by atoms with van der Waals surface area (Å²) < 4.78 is 0. The molecule has 1 rings (SSSR count). The Labute approximate surface area is 113 Å². The van der Waals surface area contributed by atoms with Crippen molar-refractivity contribution in [2.45, 2.75) is 26.2 Å². The van der Waals surface area contributed by atoms with Gasteiger partial charge in [-0.05, 0) is 17.9 Å². The lowest BCUT2D eigenvalue weighted by atomic mass is 9.83. The fraction of sp³-hybridized carbons (Fsp3) is 0.467. The van der Waals surface area contributed by atoms with Crippen LogP contribution in [0.1, 0.15) is 31.7 Å². The van der Waals surface area contributed by atoms with Crippen LogP contribution in [0.25, 0.3) is 0 Å². The summed E-state index contributed by atoms with van der Waals surface area (Å²) in [7, 11) is 1.53. The van der Waals surface area contributed by atoms with Crippen LogP contribution >= 0.6 is 0 Å². The second kappa shape index (κ2) is 6.92. The maximum absolute atomic E-state index is 11.6. The predicted octanol–water partition coefficient (Wildman–Crippen LogP) is 2.26. The normalized spacial score (nSPS) is 15.3. The second-order valence-electron chi connectivity index (χ2n) is 4.90. The molecule has 0 spiro atoms. The van der Waals surface area contributed by atoms with E-state index in [-0.39, 0.29) is 11.8 Å². The zero-order valence-electron chi connectivity index (χ0n) is 11.6. The molecule has 4 heteroatoms. The maximum Gasteiger partial charge on any atom is 0.307 e. The first kappa shape index (κ1) is 15.2. The highest BCUT2D eigenvalue weighted by Crippen LogP contribution is 2.27. The van der Waals surface area contributed by atoms with E-state index >= 15 is 0 Å². The second-order valence-corrected chi connectivity index (χ2v) is 4.90. The minimum atomic E-state index is -0.918. The molecule has 1 amide bonds. The number of carboxylic acids is 1. The van der Waals surface area contributed by atoms with Crippen LogP contribution in [0, 0.1) is 11.8 Å². The average molecular weight is 263 g/mol. The summed E-state index contributed by atoms with van der Waals surface area (Å²) >= 11 is 0.